The lowest BCUT2D eigenvalue weighted by molar-refractivity contribution is 0.598. The standard InChI is InChI=1S/C15H14FNO2S/c1-11-6-8-15(9-7-11)20(18,19)17-12(2)13-4-3-5-14(16)10-13/h3-10H,1-2H3. The fraction of sp³-hybridized carbons (Fsp3) is 0.133. The third-order valence-electron chi connectivity index (χ3n) is 2.82. The summed E-state index contributed by atoms with van der Waals surface area (Å²) in [5.41, 5.74) is 1.67. The van der Waals surface area contributed by atoms with Gasteiger partial charge in [-0.3, -0.25) is 0 Å². The molecular weight excluding hydrogens is 277 g/mol. The van der Waals surface area contributed by atoms with Gasteiger partial charge in [0.05, 0.1) is 10.6 Å². The topological polar surface area (TPSA) is 46.5 Å². The molecule has 0 N–H and O–H groups in total. The molecule has 2 aromatic rings. The zero-order valence-corrected chi connectivity index (χ0v) is 12.0. The molecule has 0 heterocycles. The van der Waals surface area contributed by atoms with Crippen LogP contribution in [0.2, 0.25) is 0 Å². The average Bonchev–Trinajstić information content (AvgIpc) is 2.38. The Hall–Kier alpha value is -2.01. The average molecular weight is 291 g/mol. The first kappa shape index (κ1) is 14.4. The number of aryl methyl sites for hydroxylation is 1. The highest BCUT2D eigenvalue weighted by atomic mass is 32.2. The van der Waals surface area contributed by atoms with Crippen molar-refractivity contribution in [2.75, 3.05) is 0 Å². The third-order valence-corrected chi connectivity index (χ3v) is 4.20. The monoisotopic (exact) mass is 291 g/mol. The Morgan fingerprint density at radius 3 is 2.35 bits per heavy atom. The van der Waals surface area contributed by atoms with Crippen molar-refractivity contribution < 1.29 is 12.8 Å². The number of benzene rings is 2. The van der Waals surface area contributed by atoms with Crippen LogP contribution in [0.25, 0.3) is 0 Å². The molecule has 0 aromatic heterocycles. The highest BCUT2D eigenvalue weighted by Gasteiger charge is 2.13. The fourth-order valence-corrected chi connectivity index (χ4v) is 2.76. The molecule has 0 atom stereocenters. The first-order valence-corrected chi connectivity index (χ1v) is 7.47. The molecule has 2 aromatic carbocycles. The molecule has 0 spiro atoms. The molecule has 2 rings (SSSR count). The zero-order valence-electron chi connectivity index (χ0n) is 11.2. The van der Waals surface area contributed by atoms with E-state index in [9.17, 15) is 12.8 Å². The smallest absolute Gasteiger partial charge is 0.207 e. The molecule has 0 saturated carbocycles. The van der Waals surface area contributed by atoms with Crippen molar-refractivity contribution in [1.82, 2.24) is 0 Å². The minimum atomic E-state index is -3.77. The first-order chi connectivity index (χ1) is 9.38. The highest BCUT2D eigenvalue weighted by Crippen LogP contribution is 2.15. The van der Waals surface area contributed by atoms with E-state index in [2.05, 4.69) is 4.40 Å². The van der Waals surface area contributed by atoms with Gasteiger partial charge < -0.3 is 0 Å². The summed E-state index contributed by atoms with van der Waals surface area (Å²) in [6, 6.07) is 12.1. The van der Waals surface area contributed by atoms with E-state index in [1.807, 2.05) is 6.92 Å². The van der Waals surface area contributed by atoms with Crippen LogP contribution in [0.5, 0.6) is 0 Å². The summed E-state index contributed by atoms with van der Waals surface area (Å²) in [5, 5.41) is 0. The van der Waals surface area contributed by atoms with E-state index in [1.54, 1.807) is 25.1 Å². The first-order valence-electron chi connectivity index (χ1n) is 6.03. The summed E-state index contributed by atoms with van der Waals surface area (Å²) >= 11 is 0. The maximum absolute atomic E-state index is 13.1. The van der Waals surface area contributed by atoms with Gasteiger partial charge in [0, 0.05) is 0 Å². The molecular formula is C15H14FNO2S. The van der Waals surface area contributed by atoms with Crippen LogP contribution in [0.15, 0.2) is 57.8 Å². The summed E-state index contributed by atoms with van der Waals surface area (Å²) in [5.74, 6) is -0.426. The van der Waals surface area contributed by atoms with Crippen LogP contribution in [-0.2, 0) is 10.0 Å². The molecule has 0 fully saturated rings. The molecule has 20 heavy (non-hydrogen) atoms. The van der Waals surface area contributed by atoms with Crippen LogP contribution in [0, 0.1) is 12.7 Å². The Bertz CT molecular complexity index is 750. The van der Waals surface area contributed by atoms with Gasteiger partial charge in [0.1, 0.15) is 5.82 Å². The lowest BCUT2D eigenvalue weighted by Crippen LogP contribution is -2.03. The minimum Gasteiger partial charge on any atom is -0.207 e. The maximum Gasteiger partial charge on any atom is 0.282 e. The van der Waals surface area contributed by atoms with E-state index in [1.165, 1.54) is 30.3 Å². The van der Waals surface area contributed by atoms with Gasteiger partial charge in [-0.2, -0.15) is 12.8 Å². The molecule has 104 valence electrons. The second-order valence-corrected chi connectivity index (χ2v) is 6.08. The van der Waals surface area contributed by atoms with Crippen molar-refractivity contribution in [3.8, 4) is 0 Å². The normalized spacial score (nSPS) is 12.4. The van der Waals surface area contributed by atoms with Gasteiger partial charge in [-0.05, 0) is 43.7 Å². The van der Waals surface area contributed by atoms with Crippen molar-refractivity contribution in [2.24, 2.45) is 4.40 Å². The SMILES string of the molecule is CC(=NS(=O)(=O)c1ccc(C)cc1)c1cccc(F)c1. The van der Waals surface area contributed by atoms with Crippen molar-refractivity contribution in [2.45, 2.75) is 18.7 Å². The number of nitrogens with zero attached hydrogens (tertiary/aromatic N) is 1. The van der Waals surface area contributed by atoms with Gasteiger partial charge >= 0.3 is 0 Å². The number of hydrogen-bond acceptors (Lipinski definition) is 2. The second kappa shape index (κ2) is 5.54. The van der Waals surface area contributed by atoms with Crippen LogP contribution in [0.4, 0.5) is 4.39 Å². The summed E-state index contributed by atoms with van der Waals surface area (Å²) < 4.78 is 41.1. The second-order valence-electron chi connectivity index (χ2n) is 4.48. The van der Waals surface area contributed by atoms with Crippen LogP contribution in [-0.4, -0.2) is 14.1 Å². The van der Waals surface area contributed by atoms with Gasteiger partial charge in [-0.15, -0.1) is 0 Å². The summed E-state index contributed by atoms with van der Waals surface area (Å²) in [7, 11) is -3.77. The minimum absolute atomic E-state index is 0.124. The molecule has 0 aliphatic carbocycles. The van der Waals surface area contributed by atoms with Gasteiger partial charge in [0.2, 0.25) is 0 Å². The van der Waals surface area contributed by atoms with E-state index >= 15 is 0 Å². The lowest BCUT2D eigenvalue weighted by Gasteiger charge is -2.03. The Kier molecular flexibility index (Phi) is 3.99. The molecule has 0 amide bonds. The predicted octanol–water partition coefficient (Wildman–Crippen LogP) is 3.33. The summed E-state index contributed by atoms with van der Waals surface area (Å²) in [6.07, 6.45) is 0. The van der Waals surface area contributed by atoms with Crippen LogP contribution in [0.3, 0.4) is 0 Å². The molecule has 0 aliphatic rings. The van der Waals surface area contributed by atoms with Crippen LogP contribution < -0.4 is 0 Å². The van der Waals surface area contributed by atoms with Gasteiger partial charge in [0.15, 0.2) is 0 Å². The zero-order chi connectivity index (χ0) is 14.8. The fourth-order valence-electron chi connectivity index (χ4n) is 1.71. The van der Waals surface area contributed by atoms with Crippen molar-refractivity contribution in [1.29, 1.82) is 0 Å². The molecule has 0 saturated heterocycles. The van der Waals surface area contributed by atoms with Crippen molar-refractivity contribution in [3.63, 3.8) is 0 Å². The molecule has 0 radical (unpaired) electrons. The number of halogens is 1. The Balaban J connectivity index is 2.40. The number of rotatable bonds is 3. The molecule has 0 aliphatic heterocycles. The van der Waals surface area contributed by atoms with Crippen molar-refractivity contribution in [3.05, 3.63) is 65.5 Å². The number of hydrogen-bond donors (Lipinski definition) is 0. The summed E-state index contributed by atoms with van der Waals surface area (Å²) in [6.45, 7) is 3.41. The van der Waals surface area contributed by atoms with Crippen LogP contribution >= 0.6 is 0 Å². The molecule has 0 bridgehead atoms. The quantitative estimate of drug-likeness (QED) is 0.814. The lowest BCUT2D eigenvalue weighted by atomic mass is 10.1. The molecule has 0 unspecified atom stereocenters. The Morgan fingerprint density at radius 1 is 1.10 bits per heavy atom. The molecule has 5 heteroatoms. The Morgan fingerprint density at radius 2 is 1.75 bits per heavy atom. The highest BCUT2D eigenvalue weighted by molar-refractivity contribution is 7.90. The van der Waals surface area contributed by atoms with E-state index < -0.39 is 15.8 Å². The summed E-state index contributed by atoms with van der Waals surface area (Å²) in [4.78, 5) is 0.124. The van der Waals surface area contributed by atoms with Crippen LogP contribution in [0.1, 0.15) is 18.1 Å². The van der Waals surface area contributed by atoms with E-state index in [-0.39, 0.29) is 10.6 Å². The third kappa shape index (κ3) is 3.30. The van der Waals surface area contributed by atoms with Gasteiger partial charge in [-0.25, -0.2) is 4.39 Å². The largest absolute Gasteiger partial charge is 0.282 e. The number of sulfonamides is 1. The molecule has 3 nitrogen and oxygen atoms in total. The van der Waals surface area contributed by atoms with Crippen molar-refractivity contribution >= 4 is 15.7 Å². The maximum atomic E-state index is 13.1. The van der Waals surface area contributed by atoms with Gasteiger partial charge in [0.25, 0.3) is 10.0 Å². The van der Waals surface area contributed by atoms with E-state index in [0.29, 0.717) is 5.56 Å². The Labute approximate surface area is 117 Å². The van der Waals surface area contributed by atoms with Gasteiger partial charge in [-0.1, -0.05) is 29.8 Å². The van der Waals surface area contributed by atoms with E-state index in [4.69, 9.17) is 0 Å². The van der Waals surface area contributed by atoms with E-state index in [0.717, 1.165) is 5.56 Å². The predicted molar refractivity (Wildman–Crippen MR) is 77.0 cm³/mol.